The number of rotatable bonds is 2. The van der Waals surface area contributed by atoms with Crippen molar-refractivity contribution < 1.29 is 9.53 Å². The minimum Gasteiger partial charge on any atom is -0.497 e. The zero-order valence-corrected chi connectivity index (χ0v) is 12.5. The molecule has 1 aliphatic carbocycles. The van der Waals surface area contributed by atoms with Crippen molar-refractivity contribution in [2.75, 3.05) is 7.11 Å². The highest BCUT2D eigenvalue weighted by atomic mass is 16.5. The van der Waals surface area contributed by atoms with E-state index in [-0.39, 0.29) is 11.2 Å². The highest BCUT2D eigenvalue weighted by Crippen LogP contribution is 2.43. The third-order valence-electron chi connectivity index (χ3n) is 4.19. The summed E-state index contributed by atoms with van der Waals surface area (Å²) >= 11 is 0. The summed E-state index contributed by atoms with van der Waals surface area (Å²) < 4.78 is 5.16. The number of methoxy groups -OCH3 is 1. The van der Waals surface area contributed by atoms with E-state index in [1.165, 1.54) is 0 Å². The number of carbonyl (C=O) groups excluding carboxylic acids is 1. The molecule has 0 aromatic heterocycles. The summed E-state index contributed by atoms with van der Waals surface area (Å²) in [6.07, 6.45) is 1.99. The molecule has 2 aromatic carbocycles. The number of carbonyl (C=O) groups is 1. The van der Waals surface area contributed by atoms with Crippen LogP contribution in [0.25, 0.3) is 6.08 Å². The van der Waals surface area contributed by atoms with Crippen LogP contribution >= 0.6 is 0 Å². The van der Waals surface area contributed by atoms with E-state index in [0.717, 1.165) is 28.0 Å². The van der Waals surface area contributed by atoms with Gasteiger partial charge in [0.25, 0.3) is 0 Å². The lowest BCUT2D eigenvalue weighted by Crippen LogP contribution is -2.16. The van der Waals surface area contributed by atoms with Gasteiger partial charge in [-0.15, -0.1) is 0 Å². The largest absolute Gasteiger partial charge is 0.497 e. The van der Waals surface area contributed by atoms with Crippen LogP contribution in [0, 0.1) is 0 Å². The molecule has 2 heteroatoms. The molecule has 0 N–H and O–H groups in total. The maximum atomic E-state index is 12.6. The second kappa shape index (κ2) is 4.88. The van der Waals surface area contributed by atoms with Gasteiger partial charge in [0.2, 0.25) is 0 Å². The molecular formula is C19H18O2. The Kier molecular flexibility index (Phi) is 3.17. The van der Waals surface area contributed by atoms with Crippen LogP contribution in [0.2, 0.25) is 0 Å². The van der Waals surface area contributed by atoms with E-state index in [9.17, 15) is 4.79 Å². The summed E-state index contributed by atoms with van der Waals surface area (Å²) in [5.74, 6) is 0.948. The summed E-state index contributed by atoms with van der Waals surface area (Å²) in [7, 11) is 1.65. The van der Waals surface area contributed by atoms with E-state index < -0.39 is 0 Å². The highest BCUT2D eigenvalue weighted by Gasteiger charge is 2.40. The summed E-state index contributed by atoms with van der Waals surface area (Å²) in [5.41, 5.74) is 3.53. The smallest absolute Gasteiger partial charge is 0.190 e. The average molecular weight is 278 g/mol. The van der Waals surface area contributed by atoms with Crippen LogP contribution in [0.15, 0.2) is 54.1 Å². The van der Waals surface area contributed by atoms with Crippen molar-refractivity contribution in [3.63, 3.8) is 0 Å². The van der Waals surface area contributed by atoms with Crippen molar-refractivity contribution in [1.82, 2.24) is 0 Å². The van der Waals surface area contributed by atoms with E-state index in [4.69, 9.17) is 4.74 Å². The molecule has 0 heterocycles. The van der Waals surface area contributed by atoms with Crippen LogP contribution in [0.5, 0.6) is 5.75 Å². The second-order valence-electron chi connectivity index (χ2n) is 5.83. The molecule has 0 unspecified atom stereocenters. The quantitative estimate of drug-likeness (QED) is 0.767. The van der Waals surface area contributed by atoms with E-state index in [2.05, 4.69) is 13.8 Å². The van der Waals surface area contributed by atoms with Crippen molar-refractivity contribution >= 4 is 11.9 Å². The van der Waals surface area contributed by atoms with Crippen LogP contribution in [0.4, 0.5) is 0 Å². The SMILES string of the molecule is COc1ccc(C=C2C(=O)c3ccccc3C2(C)C)cc1. The molecule has 2 nitrogen and oxygen atoms in total. The monoisotopic (exact) mass is 278 g/mol. The average Bonchev–Trinajstić information content (AvgIpc) is 2.70. The molecule has 0 radical (unpaired) electrons. The molecule has 0 saturated heterocycles. The fourth-order valence-corrected chi connectivity index (χ4v) is 2.91. The van der Waals surface area contributed by atoms with E-state index in [0.29, 0.717) is 0 Å². The summed E-state index contributed by atoms with van der Waals surface area (Å²) in [5, 5.41) is 0. The standard InChI is InChI=1S/C19H18O2/c1-19(2)16-7-5-4-6-15(16)18(20)17(19)12-13-8-10-14(21-3)11-9-13/h4-12H,1-3H3. The van der Waals surface area contributed by atoms with Crippen molar-refractivity contribution in [2.45, 2.75) is 19.3 Å². The van der Waals surface area contributed by atoms with E-state index >= 15 is 0 Å². The minimum atomic E-state index is -0.256. The molecule has 0 saturated carbocycles. The van der Waals surface area contributed by atoms with Gasteiger partial charge in [0.1, 0.15) is 5.75 Å². The van der Waals surface area contributed by atoms with E-state index in [1.54, 1.807) is 7.11 Å². The molecule has 2 aromatic rings. The van der Waals surface area contributed by atoms with Crippen molar-refractivity contribution in [2.24, 2.45) is 0 Å². The number of Topliss-reactive ketones (excluding diaryl/α,β-unsaturated/α-hetero) is 1. The predicted octanol–water partition coefficient (Wildman–Crippen LogP) is 4.25. The number of hydrogen-bond donors (Lipinski definition) is 0. The first-order valence-corrected chi connectivity index (χ1v) is 7.04. The number of allylic oxidation sites excluding steroid dienone is 1. The lowest BCUT2D eigenvalue weighted by molar-refractivity contribution is 0.103. The van der Waals surface area contributed by atoms with Crippen molar-refractivity contribution in [3.05, 3.63) is 70.8 Å². The summed E-state index contributed by atoms with van der Waals surface area (Å²) in [4.78, 5) is 12.6. The van der Waals surface area contributed by atoms with Gasteiger partial charge in [-0.05, 0) is 29.3 Å². The first-order chi connectivity index (χ1) is 10.0. The first-order valence-electron chi connectivity index (χ1n) is 7.04. The highest BCUT2D eigenvalue weighted by molar-refractivity contribution is 6.17. The summed E-state index contributed by atoms with van der Waals surface area (Å²) in [6.45, 7) is 4.21. The fourth-order valence-electron chi connectivity index (χ4n) is 2.91. The molecular weight excluding hydrogens is 260 g/mol. The predicted molar refractivity (Wildman–Crippen MR) is 84.8 cm³/mol. The second-order valence-corrected chi connectivity index (χ2v) is 5.83. The lowest BCUT2D eigenvalue weighted by Gasteiger charge is -2.20. The number of hydrogen-bond acceptors (Lipinski definition) is 2. The maximum Gasteiger partial charge on any atom is 0.190 e. The van der Waals surface area contributed by atoms with Gasteiger partial charge in [-0.1, -0.05) is 50.2 Å². The molecule has 21 heavy (non-hydrogen) atoms. The summed E-state index contributed by atoms with van der Waals surface area (Å²) in [6, 6.07) is 15.6. The Bertz CT molecular complexity index is 721. The Morgan fingerprint density at radius 2 is 1.67 bits per heavy atom. The minimum absolute atomic E-state index is 0.131. The zero-order valence-electron chi connectivity index (χ0n) is 12.5. The molecule has 0 spiro atoms. The van der Waals surface area contributed by atoms with Gasteiger partial charge in [-0.3, -0.25) is 4.79 Å². The van der Waals surface area contributed by atoms with Crippen molar-refractivity contribution in [1.29, 1.82) is 0 Å². The van der Waals surface area contributed by atoms with Crippen LogP contribution in [-0.4, -0.2) is 12.9 Å². The normalized spacial score (nSPS) is 17.9. The Labute approximate surface area is 125 Å². The molecule has 0 atom stereocenters. The third kappa shape index (κ3) is 2.17. The Morgan fingerprint density at radius 3 is 2.29 bits per heavy atom. The lowest BCUT2D eigenvalue weighted by atomic mass is 9.82. The molecule has 0 amide bonds. The van der Waals surface area contributed by atoms with E-state index in [1.807, 2.05) is 54.6 Å². The molecule has 106 valence electrons. The van der Waals surface area contributed by atoms with Crippen LogP contribution < -0.4 is 4.74 Å². The first kappa shape index (κ1) is 13.6. The molecule has 3 rings (SSSR count). The molecule has 0 bridgehead atoms. The fraction of sp³-hybridized carbons (Fsp3) is 0.211. The van der Waals surface area contributed by atoms with Gasteiger partial charge < -0.3 is 4.74 Å². The van der Waals surface area contributed by atoms with Crippen LogP contribution in [0.3, 0.4) is 0 Å². The van der Waals surface area contributed by atoms with Crippen LogP contribution in [0.1, 0.15) is 35.3 Å². The number of ketones is 1. The maximum absolute atomic E-state index is 12.6. The number of ether oxygens (including phenoxy) is 1. The van der Waals surface area contributed by atoms with Crippen LogP contribution in [-0.2, 0) is 5.41 Å². The van der Waals surface area contributed by atoms with Gasteiger partial charge >= 0.3 is 0 Å². The van der Waals surface area contributed by atoms with Gasteiger partial charge in [0, 0.05) is 16.6 Å². The Balaban J connectivity index is 2.06. The van der Waals surface area contributed by atoms with Gasteiger partial charge in [0.15, 0.2) is 5.78 Å². The third-order valence-corrected chi connectivity index (χ3v) is 4.19. The topological polar surface area (TPSA) is 26.3 Å². The molecule has 1 aliphatic rings. The number of fused-ring (bicyclic) bond motifs is 1. The van der Waals surface area contributed by atoms with Crippen molar-refractivity contribution in [3.8, 4) is 5.75 Å². The van der Waals surface area contributed by atoms with Gasteiger partial charge in [-0.25, -0.2) is 0 Å². The molecule has 0 aliphatic heterocycles. The Hall–Kier alpha value is -2.35. The van der Waals surface area contributed by atoms with Gasteiger partial charge in [-0.2, -0.15) is 0 Å². The number of benzene rings is 2. The Morgan fingerprint density at radius 1 is 1.00 bits per heavy atom. The van der Waals surface area contributed by atoms with Gasteiger partial charge in [0.05, 0.1) is 7.11 Å². The zero-order chi connectivity index (χ0) is 15.0. The molecule has 0 fully saturated rings.